The van der Waals surface area contributed by atoms with Gasteiger partial charge in [0.1, 0.15) is 5.75 Å². The molecule has 0 fully saturated rings. The van der Waals surface area contributed by atoms with Crippen molar-refractivity contribution in [2.75, 3.05) is 27.4 Å². The molecule has 3 nitrogen and oxygen atoms in total. The molecule has 0 amide bonds. The maximum absolute atomic E-state index is 5.81. The van der Waals surface area contributed by atoms with Gasteiger partial charge in [-0.25, -0.2) is 0 Å². The predicted octanol–water partition coefficient (Wildman–Crippen LogP) is 2.51. The van der Waals surface area contributed by atoms with Gasteiger partial charge in [0.15, 0.2) is 0 Å². The summed E-state index contributed by atoms with van der Waals surface area (Å²) in [5.41, 5.74) is 8.25. The minimum Gasteiger partial charge on any atom is -0.496 e. The number of methoxy groups -OCH3 is 2. The van der Waals surface area contributed by atoms with Gasteiger partial charge in [-0.1, -0.05) is 26.0 Å². The van der Waals surface area contributed by atoms with Gasteiger partial charge in [0, 0.05) is 25.1 Å². The number of rotatable bonds is 6. The first-order valence-electron chi connectivity index (χ1n) is 6.00. The lowest BCUT2D eigenvalue weighted by molar-refractivity contribution is 0.180. The molecule has 96 valence electrons. The monoisotopic (exact) mass is 237 g/mol. The molecule has 1 aromatic rings. The first kappa shape index (κ1) is 14.0. The van der Waals surface area contributed by atoms with Crippen LogP contribution in [-0.2, 0) is 4.74 Å². The van der Waals surface area contributed by atoms with E-state index in [9.17, 15) is 0 Å². The maximum Gasteiger partial charge on any atom is 0.122 e. The Morgan fingerprint density at radius 2 is 1.94 bits per heavy atom. The van der Waals surface area contributed by atoms with Crippen LogP contribution in [0.1, 0.15) is 36.8 Å². The van der Waals surface area contributed by atoms with E-state index in [1.54, 1.807) is 14.2 Å². The minimum atomic E-state index is 0.189. The summed E-state index contributed by atoms with van der Waals surface area (Å²) in [6.07, 6.45) is 0. The highest BCUT2D eigenvalue weighted by molar-refractivity contribution is 5.41. The van der Waals surface area contributed by atoms with Crippen molar-refractivity contribution in [2.24, 2.45) is 5.73 Å². The number of benzene rings is 1. The number of hydrogen-bond acceptors (Lipinski definition) is 3. The van der Waals surface area contributed by atoms with Crippen LogP contribution in [0.2, 0.25) is 0 Å². The van der Waals surface area contributed by atoms with Gasteiger partial charge in [0.25, 0.3) is 0 Å². The second-order valence-electron chi connectivity index (χ2n) is 4.54. The normalized spacial score (nSPS) is 12.8. The van der Waals surface area contributed by atoms with Crippen molar-refractivity contribution in [1.82, 2.24) is 0 Å². The molecule has 17 heavy (non-hydrogen) atoms. The molecule has 1 rings (SSSR count). The summed E-state index contributed by atoms with van der Waals surface area (Å²) in [6.45, 7) is 5.54. The van der Waals surface area contributed by atoms with Gasteiger partial charge in [-0.3, -0.25) is 0 Å². The largest absolute Gasteiger partial charge is 0.496 e. The summed E-state index contributed by atoms with van der Waals surface area (Å²) in [6, 6.07) is 6.30. The smallest absolute Gasteiger partial charge is 0.122 e. The van der Waals surface area contributed by atoms with Crippen molar-refractivity contribution in [3.05, 3.63) is 29.3 Å². The zero-order valence-corrected chi connectivity index (χ0v) is 11.2. The Balaban J connectivity index is 3.11. The minimum absolute atomic E-state index is 0.189. The number of nitrogens with two attached hydrogens (primary N) is 1. The average Bonchev–Trinajstić information content (AvgIpc) is 2.35. The SMILES string of the molecule is COCC(CN)c1cc(C(C)C)ccc1OC. The van der Waals surface area contributed by atoms with Crippen molar-refractivity contribution in [3.8, 4) is 5.75 Å². The van der Waals surface area contributed by atoms with Gasteiger partial charge in [0.05, 0.1) is 13.7 Å². The van der Waals surface area contributed by atoms with Crippen LogP contribution in [0.25, 0.3) is 0 Å². The lowest BCUT2D eigenvalue weighted by Crippen LogP contribution is -2.18. The molecule has 0 saturated carbocycles. The third kappa shape index (κ3) is 3.45. The van der Waals surface area contributed by atoms with Crippen molar-refractivity contribution in [2.45, 2.75) is 25.7 Å². The molecular formula is C14H23NO2. The molecule has 3 heteroatoms. The lowest BCUT2D eigenvalue weighted by atomic mass is 9.93. The van der Waals surface area contributed by atoms with Gasteiger partial charge in [0.2, 0.25) is 0 Å². The molecule has 0 radical (unpaired) electrons. The Morgan fingerprint density at radius 3 is 2.41 bits per heavy atom. The zero-order valence-electron chi connectivity index (χ0n) is 11.2. The van der Waals surface area contributed by atoms with E-state index in [1.165, 1.54) is 5.56 Å². The van der Waals surface area contributed by atoms with Crippen LogP contribution >= 0.6 is 0 Å². The number of ether oxygens (including phenoxy) is 2. The molecule has 0 aliphatic heterocycles. The van der Waals surface area contributed by atoms with Crippen LogP contribution in [0, 0.1) is 0 Å². The Morgan fingerprint density at radius 1 is 1.24 bits per heavy atom. The molecule has 1 aromatic carbocycles. The molecule has 0 bridgehead atoms. The standard InChI is InChI=1S/C14H23NO2/c1-10(2)11-5-6-14(17-4)13(7-11)12(8-15)9-16-3/h5-7,10,12H,8-9,15H2,1-4H3. The van der Waals surface area contributed by atoms with Crippen molar-refractivity contribution < 1.29 is 9.47 Å². The molecule has 1 atom stereocenters. The lowest BCUT2D eigenvalue weighted by Gasteiger charge is -2.19. The highest BCUT2D eigenvalue weighted by Crippen LogP contribution is 2.30. The van der Waals surface area contributed by atoms with Crippen molar-refractivity contribution in [1.29, 1.82) is 0 Å². The molecular weight excluding hydrogens is 214 g/mol. The van der Waals surface area contributed by atoms with E-state index >= 15 is 0 Å². The van der Waals surface area contributed by atoms with Crippen LogP contribution in [0.3, 0.4) is 0 Å². The summed E-state index contributed by atoms with van der Waals surface area (Å²) >= 11 is 0. The Kier molecular flexibility index (Phi) is 5.45. The second kappa shape index (κ2) is 6.62. The predicted molar refractivity (Wildman–Crippen MR) is 70.8 cm³/mol. The van der Waals surface area contributed by atoms with E-state index in [0.717, 1.165) is 11.3 Å². The second-order valence-corrected chi connectivity index (χ2v) is 4.54. The Hall–Kier alpha value is -1.06. The van der Waals surface area contributed by atoms with Crippen molar-refractivity contribution >= 4 is 0 Å². The van der Waals surface area contributed by atoms with E-state index in [1.807, 2.05) is 6.07 Å². The van der Waals surface area contributed by atoms with E-state index in [0.29, 0.717) is 19.1 Å². The van der Waals surface area contributed by atoms with Crippen molar-refractivity contribution in [3.63, 3.8) is 0 Å². The fourth-order valence-electron chi connectivity index (χ4n) is 1.92. The van der Waals surface area contributed by atoms with Gasteiger partial charge in [-0.2, -0.15) is 0 Å². The fraction of sp³-hybridized carbons (Fsp3) is 0.571. The van der Waals surface area contributed by atoms with Gasteiger partial charge in [-0.05, 0) is 17.5 Å². The fourth-order valence-corrected chi connectivity index (χ4v) is 1.92. The van der Waals surface area contributed by atoms with Gasteiger partial charge >= 0.3 is 0 Å². The average molecular weight is 237 g/mol. The summed E-state index contributed by atoms with van der Waals surface area (Å²) in [5, 5.41) is 0. The van der Waals surface area contributed by atoms with Crippen LogP contribution < -0.4 is 10.5 Å². The van der Waals surface area contributed by atoms with E-state index in [-0.39, 0.29) is 5.92 Å². The molecule has 0 aliphatic carbocycles. The molecule has 0 spiro atoms. The van der Waals surface area contributed by atoms with Gasteiger partial charge in [-0.15, -0.1) is 0 Å². The third-order valence-corrected chi connectivity index (χ3v) is 3.01. The summed E-state index contributed by atoms with van der Waals surface area (Å²) in [7, 11) is 3.38. The first-order chi connectivity index (χ1) is 8.13. The van der Waals surface area contributed by atoms with Crippen LogP contribution in [0.15, 0.2) is 18.2 Å². The third-order valence-electron chi connectivity index (χ3n) is 3.01. The summed E-state index contributed by atoms with van der Waals surface area (Å²) in [5.74, 6) is 1.58. The summed E-state index contributed by atoms with van der Waals surface area (Å²) in [4.78, 5) is 0. The molecule has 0 heterocycles. The molecule has 2 N–H and O–H groups in total. The van der Waals surface area contributed by atoms with Crippen LogP contribution in [-0.4, -0.2) is 27.4 Å². The molecule has 0 aromatic heterocycles. The highest BCUT2D eigenvalue weighted by atomic mass is 16.5. The molecule has 1 unspecified atom stereocenters. The Bertz CT molecular complexity index is 350. The number of hydrogen-bond donors (Lipinski definition) is 1. The van der Waals surface area contributed by atoms with Crippen LogP contribution in [0.4, 0.5) is 0 Å². The topological polar surface area (TPSA) is 44.5 Å². The van der Waals surface area contributed by atoms with E-state index < -0.39 is 0 Å². The van der Waals surface area contributed by atoms with E-state index in [2.05, 4.69) is 26.0 Å². The van der Waals surface area contributed by atoms with Crippen LogP contribution in [0.5, 0.6) is 5.75 Å². The zero-order chi connectivity index (χ0) is 12.8. The molecule has 0 saturated heterocycles. The van der Waals surface area contributed by atoms with Gasteiger partial charge < -0.3 is 15.2 Å². The quantitative estimate of drug-likeness (QED) is 0.826. The highest BCUT2D eigenvalue weighted by Gasteiger charge is 2.16. The van der Waals surface area contributed by atoms with E-state index in [4.69, 9.17) is 15.2 Å². The Labute approximate surface area is 104 Å². The maximum atomic E-state index is 5.81. The first-order valence-corrected chi connectivity index (χ1v) is 6.00. The summed E-state index contributed by atoms with van der Waals surface area (Å²) < 4.78 is 10.6. The molecule has 0 aliphatic rings.